The summed E-state index contributed by atoms with van der Waals surface area (Å²) in [5, 5.41) is 9.09. The summed E-state index contributed by atoms with van der Waals surface area (Å²) >= 11 is 1.13. The number of β-lactam (4-membered cyclic amide) rings is 1. The molecule has 31 heavy (non-hydrogen) atoms. The molecule has 2 aliphatic heterocycles. The van der Waals surface area contributed by atoms with E-state index in [1.165, 1.54) is 31.2 Å². The lowest BCUT2D eigenvalue weighted by atomic mass is 10.0. The number of hydrogen-bond acceptors (Lipinski definition) is 8. The van der Waals surface area contributed by atoms with Crippen molar-refractivity contribution in [3.8, 4) is 0 Å². The number of amides is 2. The van der Waals surface area contributed by atoms with Gasteiger partial charge in [-0.05, 0) is 5.56 Å². The number of aliphatic carboxylic acids is 1. The molecule has 2 amide bonds. The maximum Gasteiger partial charge on any atom is 0.352 e. The van der Waals surface area contributed by atoms with Gasteiger partial charge in [-0.2, -0.15) is 8.42 Å². The van der Waals surface area contributed by atoms with E-state index in [0.29, 0.717) is 0 Å². The van der Waals surface area contributed by atoms with E-state index in [-0.39, 0.29) is 29.2 Å². The summed E-state index contributed by atoms with van der Waals surface area (Å²) < 4.78 is 38.0. The number of carbonyl (C=O) groups is 4. The van der Waals surface area contributed by atoms with Crippen LogP contribution in [0.1, 0.15) is 17.7 Å². The molecule has 0 aromatic heterocycles. The van der Waals surface area contributed by atoms with Gasteiger partial charge in [-0.25, -0.2) is 4.79 Å². The molecule has 0 spiro atoms. The quantitative estimate of drug-likeness (QED) is 0.278. The van der Waals surface area contributed by atoms with Crippen molar-refractivity contribution in [2.45, 2.75) is 23.6 Å². The number of thioether (sulfide) groups is 1. The van der Waals surface area contributed by atoms with E-state index in [2.05, 4.69) is 5.32 Å². The Labute approximate surface area is 181 Å². The topological polar surface area (TPSA) is 167 Å². The fourth-order valence-corrected chi connectivity index (χ4v) is 5.47. The van der Waals surface area contributed by atoms with Crippen LogP contribution in [0.15, 0.2) is 41.6 Å². The molecule has 1 aromatic carbocycles. The number of rotatable bonds is 7. The molecule has 1 saturated heterocycles. The highest BCUT2D eigenvalue weighted by Gasteiger charge is 2.55. The van der Waals surface area contributed by atoms with Crippen molar-refractivity contribution in [3.63, 3.8) is 0 Å². The van der Waals surface area contributed by atoms with Gasteiger partial charge >= 0.3 is 11.9 Å². The number of esters is 1. The zero-order valence-corrected chi connectivity index (χ0v) is 17.7. The molecule has 3 atom stereocenters. The number of nitrogens with zero attached hydrogens (tertiary/aromatic N) is 1. The van der Waals surface area contributed by atoms with Crippen molar-refractivity contribution < 1.29 is 42.0 Å². The van der Waals surface area contributed by atoms with Crippen molar-refractivity contribution in [2.75, 3.05) is 12.4 Å². The summed E-state index contributed by atoms with van der Waals surface area (Å²) in [5.74, 6) is -3.76. The summed E-state index contributed by atoms with van der Waals surface area (Å²) in [4.78, 5) is 49.0. The highest BCUT2D eigenvalue weighted by molar-refractivity contribution is 8.00. The zero-order valence-electron chi connectivity index (χ0n) is 16.0. The average molecular weight is 470 g/mol. The van der Waals surface area contributed by atoms with Gasteiger partial charge in [0.1, 0.15) is 23.7 Å². The standard InChI is InChI=1S/C18H18N2O9S2/c1-9(21)29-7-11-8-30-17-12(16(23)20(17)13(11)18(24)25)19-15(22)14(31(26,27)28)10-5-3-2-4-6-10/h2-6,12,14,17H,7-8H2,1H3,(H,19,22)(H,24,25)(H,26,27,28)/t12-,14?,17-/m1/s1. The van der Waals surface area contributed by atoms with E-state index in [0.717, 1.165) is 16.7 Å². The van der Waals surface area contributed by atoms with Gasteiger partial charge in [0.25, 0.3) is 16.0 Å². The Kier molecular flexibility index (Phi) is 6.38. The van der Waals surface area contributed by atoms with Gasteiger partial charge < -0.3 is 15.2 Å². The molecular formula is C18H18N2O9S2. The number of carbonyl (C=O) groups excluding carboxylic acids is 3. The van der Waals surface area contributed by atoms with E-state index < -0.39 is 50.5 Å². The first kappa shape index (κ1) is 22.8. The molecule has 0 saturated carbocycles. The number of benzene rings is 1. The SMILES string of the molecule is CC(=O)OCC1=C(C(=O)O)N2C(=O)[C@@H](NC(=O)C(c3ccccc3)S(=O)(=O)O)[C@H]2SC1. The van der Waals surface area contributed by atoms with Crippen molar-refractivity contribution >= 4 is 45.6 Å². The molecule has 13 heteroatoms. The number of nitrogens with one attached hydrogen (secondary N) is 1. The Morgan fingerprint density at radius 3 is 2.48 bits per heavy atom. The fourth-order valence-electron chi connectivity index (χ4n) is 3.30. The molecule has 2 heterocycles. The summed E-state index contributed by atoms with van der Waals surface area (Å²) in [7, 11) is -4.84. The molecular weight excluding hydrogens is 452 g/mol. The van der Waals surface area contributed by atoms with Gasteiger partial charge in [-0.15, -0.1) is 11.8 Å². The maximum atomic E-state index is 12.7. The number of fused-ring (bicyclic) bond motifs is 1. The predicted octanol–water partition coefficient (Wildman–Crippen LogP) is -0.0828. The van der Waals surface area contributed by atoms with E-state index in [1.54, 1.807) is 6.07 Å². The predicted molar refractivity (Wildman–Crippen MR) is 107 cm³/mol. The minimum absolute atomic E-state index is 0.0113. The third-order valence-electron chi connectivity index (χ3n) is 4.64. The average Bonchev–Trinajstić information content (AvgIpc) is 2.69. The summed E-state index contributed by atoms with van der Waals surface area (Å²) in [6, 6.07) is 6.08. The monoisotopic (exact) mass is 470 g/mol. The van der Waals surface area contributed by atoms with Crippen LogP contribution in [0.4, 0.5) is 0 Å². The summed E-state index contributed by atoms with van der Waals surface area (Å²) in [6.07, 6.45) is 0. The van der Waals surface area contributed by atoms with Crippen LogP contribution in [0, 0.1) is 0 Å². The first-order valence-corrected chi connectivity index (χ1v) is 11.4. The van der Waals surface area contributed by atoms with E-state index in [9.17, 15) is 37.3 Å². The highest BCUT2D eigenvalue weighted by Crippen LogP contribution is 2.40. The van der Waals surface area contributed by atoms with Crippen LogP contribution in [0.2, 0.25) is 0 Å². The second kappa shape index (κ2) is 8.69. The Morgan fingerprint density at radius 1 is 1.29 bits per heavy atom. The van der Waals surface area contributed by atoms with Crippen LogP contribution in [0.5, 0.6) is 0 Å². The van der Waals surface area contributed by atoms with Crippen LogP contribution >= 0.6 is 11.8 Å². The lowest BCUT2D eigenvalue weighted by Crippen LogP contribution is -2.71. The third kappa shape index (κ3) is 4.57. The normalized spacial score (nSPS) is 21.6. The zero-order chi connectivity index (χ0) is 22.9. The van der Waals surface area contributed by atoms with Gasteiger partial charge in [0.15, 0.2) is 5.25 Å². The summed E-state index contributed by atoms with van der Waals surface area (Å²) in [5.41, 5.74) is -0.103. The van der Waals surface area contributed by atoms with Crippen LogP contribution in [-0.4, -0.2) is 70.5 Å². The second-order valence-electron chi connectivity index (χ2n) is 6.74. The van der Waals surface area contributed by atoms with E-state index in [1.807, 2.05) is 0 Å². The van der Waals surface area contributed by atoms with Gasteiger partial charge in [0, 0.05) is 18.2 Å². The second-order valence-corrected chi connectivity index (χ2v) is 9.35. The van der Waals surface area contributed by atoms with E-state index in [4.69, 9.17) is 4.74 Å². The van der Waals surface area contributed by atoms with Crippen molar-refractivity contribution in [2.24, 2.45) is 0 Å². The van der Waals surface area contributed by atoms with Crippen molar-refractivity contribution in [1.82, 2.24) is 10.2 Å². The van der Waals surface area contributed by atoms with E-state index >= 15 is 0 Å². The Hall–Kier alpha value is -2.90. The highest BCUT2D eigenvalue weighted by atomic mass is 32.2. The molecule has 166 valence electrons. The molecule has 3 N–H and O–H groups in total. The lowest BCUT2D eigenvalue weighted by Gasteiger charge is -2.49. The van der Waals surface area contributed by atoms with Gasteiger partial charge in [0.05, 0.1) is 0 Å². The number of carboxylic acid groups (broad SMARTS) is 1. The van der Waals surface area contributed by atoms with Gasteiger partial charge in [-0.1, -0.05) is 30.3 Å². The van der Waals surface area contributed by atoms with Crippen LogP contribution < -0.4 is 5.32 Å². The lowest BCUT2D eigenvalue weighted by molar-refractivity contribution is -0.151. The first-order valence-electron chi connectivity index (χ1n) is 8.87. The van der Waals surface area contributed by atoms with Gasteiger partial charge in [-0.3, -0.25) is 23.8 Å². The fraction of sp³-hybridized carbons (Fsp3) is 0.333. The molecule has 0 aliphatic carbocycles. The molecule has 0 bridgehead atoms. The minimum Gasteiger partial charge on any atom is -0.477 e. The Morgan fingerprint density at radius 2 is 1.94 bits per heavy atom. The summed E-state index contributed by atoms with van der Waals surface area (Å²) in [6.45, 7) is 0.870. The van der Waals surface area contributed by atoms with Crippen LogP contribution in [0.25, 0.3) is 0 Å². The molecule has 1 unspecified atom stereocenters. The number of ether oxygens (including phenoxy) is 1. The molecule has 11 nitrogen and oxygen atoms in total. The van der Waals surface area contributed by atoms with Crippen molar-refractivity contribution in [1.29, 1.82) is 0 Å². The Bertz CT molecular complexity index is 1070. The van der Waals surface area contributed by atoms with Crippen LogP contribution in [-0.2, 0) is 34.0 Å². The minimum atomic E-state index is -4.84. The largest absolute Gasteiger partial charge is 0.477 e. The molecule has 1 fully saturated rings. The van der Waals surface area contributed by atoms with Crippen LogP contribution in [0.3, 0.4) is 0 Å². The number of carboxylic acids is 1. The molecule has 2 aliphatic rings. The number of hydrogen-bond donors (Lipinski definition) is 3. The smallest absolute Gasteiger partial charge is 0.352 e. The Balaban J connectivity index is 1.81. The molecule has 0 radical (unpaired) electrons. The van der Waals surface area contributed by atoms with Crippen molar-refractivity contribution in [3.05, 3.63) is 47.2 Å². The maximum absolute atomic E-state index is 12.7. The molecule has 1 aromatic rings. The van der Waals surface area contributed by atoms with Gasteiger partial charge in [0.2, 0.25) is 5.91 Å². The third-order valence-corrected chi connectivity index (χ3v) is 7.06. The molecule has 3 rings (SSSR count). The first-order chi connectivity index (χ1) is 14.5.